The van der Waals surface area contributed by atoms with Gasteiger partial charge in [0, 0.05) is 25.8 Å². The van der Waals surface area contributed by atoms with Crippen LogP contribution in [0, 0.1) is 13.8 Å². The molecule has 3 aromatic rings. The van der Waals surface area contributed by atoms with Gasteiger partial charge in [0.05, 0.1) is 12.2 Å². The number of hydrogen-bond acceptors (Lipinski definition) is 6. The van der Waals surface area contributed by atoms with Gasteiger partial charge in [0.1, 0.15) is 17.9 Å². The number of aryl methyl sites for hydroxylation is 2. The number of nitrogens with zero attached hydrogens (tertiary/aromatic N) is 3. The fourth-order valence-corrected chi connectivity index (χ4v) is 3.08. The highest BCUT2D eigenvalue weighted by Gasteiger charge is 2.27. The Hall–Kier alpha value is -2.60. The van der Waals surface area contributed by atoms with E-state index in [9.17, 15) is 0 Å². The molecule has 6 nitrogen and oxygen atoms in total. The van der Waals surface area contributed by atoms with Crippen molar-refractivity contribution in [1.29, 1.82) is 0 Å². The van der Waals surface area contributed by atoms with Crippen LogP contribution in [0.25, 0.3) is 11.1 Å². The summed E-state index contributed by atoms with van der Waals surface area (Å²) in [6.07, 6.45) is 3.47. The van der Waals surface area contributed by atoms with Crippen molar-refractivity contribution in [2.75, 3.05) is 31.1 Å². The maximum absolute atomic E-state index is 6.04. The fraction of sp³-hybridized carbons (Fsp3) is 0.368. The van der Waals surface area contributed by atoms with Crippen LogP contribution in [0.1, 0.15) is 11.1 Å². The Morgan fingerprint density at radius 3 is 3.04 bits per heavy atom. The number of piperazine rings is 1. The van der Waals surface area contributed by atoms with E-state index in [1.54, 1.807) is 12.4 Å². The number of benzene rings is 1. The first-order valence-corrected chi connectivity index (χ1v) is 8.59. The highest BCUT2D eigenvalue weighted by molar-refractivity contribution is 5.76. The summed E-state index contributed by atoms with van der Waals surface area (Å²) >= 11 is 0. The molecule has 1 aliphatic rings. The van der Waals surface area contributed by atoms with Gasteiger partial charge in [-0.25, -0.2) is 0 Å². The first-order valence-electron chi connectivity index (χ1n) is 8.59. The van der Waals surface area contributed by atoms with Crippen molar-refractivity contribution in [2.45, 2.75) is 19.9 Å². The quantitative estimate of drug-likeness (QED) is 0.789. The topological polar surface area (TPSA) is 63.4 Å². The van der Waals surface area contributed by atoms with Crippen LogP contribution in [0.15, 0.2) is 41.1 Å². The number of oxazole rings is 1. The summed E-state index contributed by atoms with van der Waals surface area (Å²) < 4.78 is 11.9. The number of pyridine rings is 1. The van der Waals surface area contributed by atoms with Gasteiger partial charge in [-0.2, -0.15) is 4.98 Å². The summed E-state index contributed by atoms with van der Waals surface area (Å²) in [6, 6.07) is 8.76. The molecule has 3 heterocycles. The first kappa shape index (κ1) is 15.9. The highest BCUT2D eigenvalue weighted by Crippen LogP contribution is 2.26. The molecule has 0 bridgehead atoms. The second-order valence-corrected chi connectivity index (χ2v) is 6.45. The van der Waals surface area contributed by atoms with E-state index in [1.807, 2.05) is 12.1 Å². The predicted octanol–water partition coefficient (Wildman–Crippen LogP) is 2.70. The molecule has 0 aliphatic carbocycles. The van der Waals surface area contributed by atoms with Crippen molar-refractivity contribution in [3.05, 3.63) is 47.8 Å². The van der Waals surface area contributed by atoms with E-state index in [4.69, 9.17) is 14.1 Å². The maximum Gasteiger partial charge on any atom is 0.298 e. The number of hydrogen-bond donors (Lipinski definition) is 1. The lowest BCUT2D eigenvalue weighted by atomic mass is 10.1. The zero-order valence-electron chi connectivity index (χ0n) is 14.5. The average Bonchev–Trinajstić information content (AvgIpc) is 3.04. The van der Waals surface area contributed by atoms with Crippen LogP contribution in [0.3, 0.4) is 0 Å². The van der Waals surface area contributed by atoms with Crippen LogP contribution >= 0.6 is 0 Å². The molecule has 130 valence electrons. The molecule has 0 spiro atoms. The molecule has 1 N–H and O–H groups in total. The molecule has 0 unspecified atom stereocenters. The number of nitrogens with one attached hydrogen (secondary N) is 1. The van der Waals surface area contributed by atoms with Crippen molar-refractivity contribution in [3.63, 3.8) is 0 Å². The Kier molecular flexibility index (Phi) is 4.28. The Morgan fingerprint density at radius 1 is 1.32 bits per heavy atom. The summed E-state index contributed by atoms with van der Waals surface area (Å²) in [6.45, 7) is 7.31. The maximum atomic E-state index is 6.04. The summed E-state index contributed by atoms with van der Waals surface area (Å²) in [4.78, 5) is 11.0. The second-order valence-electron chi connectivity index (χ2n) is 6.45. The highest BCUT2D eigenvalue weighted by atomic mass is 16.5. The van der Waals surface area contributed by atoms with E-state index >= 15 is 0 Å². The SMILES string of the molecule is Cc1cc2nc(N3CCNC[C@@H]3COc3cccnc3)oc2cc1C. The molecular formula is C19H22N4O2. The zero-order valence-corrected chi connectivity index (χ0v) is 14.5. The minimum absolute atomic E-state index is 0.157. The van der Waals surface area contributed by atoms with E-state index in [1.165, 1.54) is 11.1 Å². The molecule has 0 amide bonds. The predicted molar refractivity (Wildman–Crippen MR) is 97.2 cm³/mol. The van der Waals surface area contributed by atoms with Crippen LogP contribution in [-0.4, -0.2) is 42.3 Å². The molecule has 25 heavy (non-hydrogen) atoms. The second kappa shape index (κ2) is 6.72. The smallest absolute Gasteiger partial charge is 0.298 e. The Morgan fingerprint density at radius 2 is 2.20 bits per heavy atom. The third kappa shape index (κ3) is 3.30. The lowest BCUT2D eigenvalue weighted by Crippen LogP contribution is -2.54. The molecule has 2 aromatic heterocycles. The van der Waals surface area contributed by atoms with E-state index in [0.29, 0.717) is 12.6 Å². The molecule has 0 radical (unpaired) electrons. The molecule has 1 atom stereocenters. The first-order chi connectivity index (χ1) is 12.2. The minimum Gasteiger partial charge on any atom is -0.490 e. The van der Waals surface area contributed by atoms with Gasteiger partial charge < -0.3 is 19.4 Å². The Bertz CT molecular complexity index is 823. The van der Waals surface area contributed by atoms with Gasteiger partial charge in [0.25, 0.3) is 6.01 Å². The van der Waals surface area contributed by atoms with Gasteiger partial charge in [-0.15, -0.1) is 0 Å². The van der Waals surface area contributed by atoms with Crippen molar-refractivity contribution in [1.82, 2.24) is 15.3 Å². The van der Waals surface area contributed by atoms with Crippen LogP contribution < -0.4 is 15.0 Å². The van der Waals surface area contributed by atoms with Gasteiger partial charge in [-0.05, 0) is 49.2 Å². The van der Waals surface area contributed by atoms with Crippen LogP contribution in [0.4, 0.5) is 6.01 Å². The van der Waals surface area contributed by atoms with Crippen molar-refractivity contribution < 1.29 is 9.15 Å². The third-order valence-electron chi connectivity index (χ3n) is 4.67. The molecule has 0 saturated carbocycles. The van der Waals surface area contributed by atoms with Crippen LogP contribution in [0.2, 0.25) is 0 Å². The largest absolute Gasteiger partial charge is 0.490 e. The van der Waals surface area contributed by atoms with E-state index < -0.39 is 0 Å². The van der Waals surface area contributed by atoms with Gasteiger partial charge in [-0.1, -0.05) is 0 Å². The average molecular weight is 338 g/mol. The number of ether oxygens (including phenoxy) is 1. The molecular weight excluding hydrogens is 316 g/mol. The monoisotopic (exact) mass is 338 g/mol. The molecule has 1 aliphatic heterocycles. The van der Waals surface area contributed by atoms with Crippen molar-refractivity contribution in [3.8, 4) is 5.75 Å². The Labute approximate surface area is 146 Å². The van der Waals surface area contributed by atoms with Crippen LogP contribution in [-0.2, 0) is 0 Å². The van der Waals surface area contributed by atoms with Gasteiger partial charge in [-0.3, -0.25) is 4.98 Å². The van der Waals surface area contributed by atoms with Crippen molar-refractivity contribution in [2.24, 2.45) is 0 Å². The summed E-state index contributed by atoms with van der Waals surface area (Å²) in [7, 11) is 0. The molecule has 1 aromatic carbocycles. The summed E-state index contributed by atoms with van der Waals surface area (Å²) in [5, 5.41) is 3.42. The summed E-state index contributed by atoms with van der Waals surface area (Å²) in [5.41, 5.74) is 4.18. The van der Waals surface area contributed by atoms with Gasteiger partial charge >= 0.3 is 0 Å². The number of rotatable bonds is 4. The fourth-order valence-electron chi connectivity index (χ4n) is 3.08. The number of aromatic nitrogens is 2. The molecule has 1 fully saturated rings. The van der Waals surface area contributed by atoms with E-state index in [0.717, 1.165) is 36.5 Å². The molecule has 1 saturated heterocycles. The minimum atomic E-state index is 0.157. The van der Waals surface area contributed by atoms with Gasteiger partial charge in [0.15, 0.2) is 5.58 Å². The van der Waals surface area contributed by atoms with Gasteiger partial charge in [0.2, 0.25) is 0 Å². The lowest BCUT2D eigenvalue weighted by molar-refractivity contribution is 0.261. The summed E-state index contributed by atoms with van der Waals surface area (Å²) in [5.74, 6) is 0.775. The van der Waals surface area contributed by atoms with E-state index in [-0.39, 0.29) is 6.04 Å². The Balaban J connectivity index is 1.56. The van der Waals surface area contributed by atoms with Crippen molar-refractivity contribution >= 4 is 17.1 Å². The van der Waals surface area contributed by atoms with E-state index in [2.05, 4.69) is 41.2 Å². The molecule has 6 heteroatoms. The number of fused-ring (bicyclic) bond motifs is 1. The number of anilines is 1. The zero-order chi connectivity index (χ0) is 17.2. The van der Waals surface area contributed by atoms with Crippen LogP contribution in [0.5, 0.6) is 5.75 Å². The lowest BCUT2D eigenvalue weighted by Gasteiger charge is -2.34. The normalized spacial score (nSPS) is 17.8. The molecule has 4 rings (SSSR count). The third-order valence-corrected chi connectivity index (χ3v) is 4.67. The standard InChI is InChI=1S/C19H22N4O2/c1-13-8-17-18(9-14(13)2)25-19(22-17)23-7-6-21-10-15(23)12-24-16-4-3-5-20-11-16/h3-5,8-9,11,15,21H,6-7,10,12H2,1-2H3/t15-/m1/s1.